The predicted molar refractivity (Wildman–Crippen MR) is 71.6 cm³/mol. The van der Waals surface area contributed by atoms with Crippen LogP contribution in [0, 0.1) is 5.92 Å². The van der Waals surface area contributed by atoms with E-state index in [1.54, 1.807) is 0 Å². The van der Waals surface area contributed by atoms with Crippen molar-refractivity contribution < 1.29 is 9.59 Å². The van der Waals surface area contributed by atoms with Gasteiger partial charge in [0.15, 0.2) is 0 Å². The number of amides is 2. The van der Waals surface area contributed by atoms with Gasteiger partial charge in [-0.05, 0) is 25.7 Å². The molecule has 3 fully saturated rings. The van der Waals surface area contributed by atoms with Gasteiger partial charge in [0.25, 0.3) is 0 Å². The van der Waals surface area contributed by atoms with E-state index in [1.165, 1.54) is 0 Å². The molecule has 106 valence electrons. The van der Waals surface area contributed by atoms with Crippen molar-refractivity contribution in [2.24, 2.45) is 5.92 Å². The summed E-state index contributed by atoms with van der Waals surface area (Å²) in [7, 11) is 0. The Labute approximate surface area is 114 Å². The SMILES string of the molecule is O=C(CN1CCN(C(=O)C2CC2)CC1)N1CCCC1. The molecule has 3 rings (SSSR count). The Balaban J connectivity index is 1.42. The Morgan fingerprint density at radius 3 is 2.05 bits per heavy atom. The van der Waals surface area contributed by atoms with Crippen LogP contribution in [0.4, 0.5) is 0 Å². The molecule has 0 radical (unpaired) electrons. The molecule has 2 amide bonds. The van der Waals surface area contributed by atoms with E-state index < -0.39 is 0 Å². The highest BCUT2D eigenvalue weighted by molar-refractivity contribution is 5.81. The van der Waals surface area contributed by atoms with Crippen molar-refractivity contribution >= 4 is 11.8 Å². The van der Waals surface area contributed by atoms with Crippen molar-refractivity contribution in [1.29, 1.82) is 0 Å². The Morgan fingerprint density at radius 1 is 0.842 bits per heavy atom. The molecule has 0 N–H and O–H groups in total. The molecule has 19 heavy (non-hydrogen) atoms. The molecule has 0 unspecified atom stereocenters. The highest BCUT2D eigenvalue weighted by Crippen LogP contribution is 2.31. The van der Waals surface area contributed by atoms with Crippen LogP contribution in [0.25, 0.3) is 0 Å². The maximum absolute atomic E-state index is 12.1. The van der Waals surface area contributed by atoms with E-state index in [2.05, 4.69) is 4.90 Å². The van der Waals surface area contributed by atoms with Crippen LogP contribution in [0.2, 0.25) is 0 Å². The average molecular weight is 265 g/mol. The van der Waals surface area contributed by atoms with Crippen molar-refractivity contribution in [3.63, 3.8) is 0 Å². The summed E-state index contributed by atoms with van der Waals surface area (Å²) in [5.41, 5.74) is 0. The monoisotopic (exact) mass is 265 g/mol. The van der Waals surface area contributed by atoms with Gasteiger partial charge >= 0.3 is 0 Å². The van der Waals surface area contributed by atoms with E-state index in [-0.39, 0.29) is 5.91 Å². The zero-order valence-corrected chi connectivity index (χ0v) is 11.5. The molecule has 5 heteroatoms. The number of hydrogen-bond acceptors (Lipinski definition) is 3. The second kappa shape index (κ2) is 5.49. The van der Waals surface area contributed by atoms with Gasteiger partial charge in [-0.3, -0.25) is 14.5 Å². The fraction of sp³-hybridized carbons (Fsp3) is 0.857. The molecule has 0 spiro atoms. The normalized spacial score (nSPS) is 24.8. The number of piperazine rings is 1. The fourth-order valence-electron chi connectivity index (χ4n) is 2.97. The first-order chi connectivity index (χ1) is 9.24. The summed E-state index contributed by atoms with van der Waals surface area (Å²) in [4.78, 5) is 30.1. The summed E-state index contributed by atoms with van der Waals surface area (Å²) in [6.07, 6.45) is 4.45. The summed E-state index contributed by atoms with van der Waals surface area (Å²) >= 11 is 0. The Hall–Kier alpha value is -1.10. The number of nitrogens with zero attached hydrogens (tertiary/aromatic N) is 3. The van der Waals surface area contributed by atoms with E-state index in [9.17, 15) is 9.59 Å². The van der Waals surface area contributed by atoms with Gasteiger partial charge in [-0.2, -0.15) is 0 Å². The van der Waals surface area contributed by atoms with Crippen LogP contribution in [0.5, 0.6) is 0 Å². The minimum absolute atomic E-state index is 0.263. The van der Waals surface area contributed by atoms with Crippen molar-refractivity contribution in [1.82, 2.24) is 14.7 Å². The first-order valence-electron chi connectivity index (χ1n) is 7.53. The standard InChI is InChI=1S/C14H23N3O2/c18-13(16-5-1-2-6-16)11-15-7-9-17(10-8-15)14(19)12-3-4-12/h12H,1-11H2. The van der Waals surface area contributed by atoms with Gasteiger partial charge in [0.2, 0.25) is 11.8 Å². The van der Waals surface area contributed by atoms with Gasteiger partial charge in [0.05, 0.1) is 6.54 Å². The Kier molecular flexibility index (Phi) is 3.73. The van der Waals surface area contributed by atoms with Crippen LogP contribution in [0.1, 0.15) is 25.7 Å². The van der Waals surface area contributed by atoms with Gasteiger partial charge in [0.1, 0.15) is 0 Å². The second-order valence-electron chi connectivity index (χ2n) is 5.96. The number of likely N-dealkylation sites (tertiary alicyclic amines) is 1. The van der Waals surface area contributed by atoms with E-state index in [0.717, 1.165) is 65.0 Å². The van der Waals surface area contributed by atoms with Crippen molar-refractivity contribution in [3.05, 3.63) is 0 Å². The molecule has 1 aliphatic carbocycles. The number of rotatable bonds is 3. The quantitative estimate of drug-likeness (QED) is 0.730. The van der Waals surface area contributed by atoms with Gasteiger partial charge < -0.3 is 9.80 Å². The zero-order chi connectivity index (χ0) is 13.2. The molecular formula is C14H23N3O2. The fourth-order valence-corrected chi connectivity index (χ4v) is 2.97. The van der Waals surface area contributed by atoms with E-state index in [4.69, 9.17) is 0 Å². The molecular weight excluding hydrogens is 242 g/mol. The maximum atomic E-state index is 12.1. The number of carbonyl (C=O) groups excluding carboxylic acids is 2. The summed E-state index contributed by atoms with van der Waals surface area (Å²) in [6.45, 7) is 5.67. The highest BCUT2D eigenvalue weighted by atomic mass is 16.2. The first-order valence-corrected chi connectivity index (χ1v) is 7.53. The largest absolute Gasteiger partial charge is 0.342 e. The minimum Gasteiger partial charge on any atom is -0.342 e. The molecule has 0 aromatic rings. The van der Waals surface area contributed by atoms with Crippen LogP contribution >= 0.6 is 0 Å². The lowest BCUT2D eigenvalue weighted by atomic mass is 10.2. The molecule has 0 aromatic heterocycles. The molecule has 0 bridgehead atoms. The smallest absolute Gasteiger partial charge is 0.236 e. The van der Waals surface area contributed by atoms with Crippen molar-refractivity contribution in [2.45, 2.75) is 25.7 Å². The molecule has 3 aliphatic rings. The summed E-state index contributed by atoms with van der Waals surface area (Å²) in [6, 6.07) is 0. The number of carbonyl (C=O) groups is 2. The Bertz CT molecular complexity index is 354. The third kappa shape index (κ3) is 3.08. The highest BCUT2D eigenvalue weighted by Gasteiger charge is 2.34. The third-order valence-electron chi connectivity index (χ3n) is 4.43. The minimum atomic E-state index is 0.263. The van der Waals surface area contributed by atoms with Gasteiger partial charge in [-0.25, -0.2) is 0 Å². The molecule has 5 nitrogen and oxygen atoms in total. The van der Waals surface area contributed by atoms with E-state index in [0.29, 0.717) is 18.4 Å². The first kappa shape index (κ1) is 12.9. The van der Waals surface area contributed by atoms with Gasteiger partial charge in [-0.15, -0.1) is 0 Å². The molecule has 0 aromatic carbocycles. The molecule has 2 heterocycles. The summed E-state index contributed by atoms with van der Waals surface area (Å²) in [5, 5.41) is 0. The van der Waals surface area contributed by atoms with Crippen LogP contribution in [0.15, 0.2) is 0 Å². The van der Waals surface area contributed by atoms with Gasteiger partial charge in [-0.1, -0.05) is 0 Å². The Morgan fingerprint density at radius 2 is 1.47 bits per heavy atom. The predicted octanol–water partition coefficient (Wildman–Crippen LogP) is 0.163. The molecule has 2 saturated heterocycles. The number of hydrogen-bond donors (Lipinski definition) is 0. The van der Waals surface area contributed by atoms with Crippen molar-refractivity contribution in [2.75, 3.05) is 45.8 Å². The lowest BCUT2D eigenvalue weighted by Gasteiger charge is -2.35. The van der Waals surface area contributed by atoms with E-state index in [1.807, 2.05) is 9.80 Å². The molecule has 0 atom stereocenters. The third-order valence-corrected chi connectivity index (χ3v) is 4.43. The van der Waals surface area contributed by atoms with Crippen LogP contribution in [-0.2, 0) is 9.59 Å². The lowest BCUT2D eigenvalue weighted by Crippen LogP contribution is -2.51. The lowest BCUT2D eigenvalue weighted by molar-refractivity contribution is -0.135. The van der Waals surface area contributed by atoms with Crippen LogP contribution < -0.4 is 0 Å². The molecule has 1 saturated carbocycles. The topological polar surface area (TPSA) is 43.9 Å². The van der Waals surface area contributed by atoms with Crippen LogP contribution in [-0.4, -0.2) is 72.3 Å². The maximum Gasteiger partial charge on any atom is 0.236 e. The second-order valence-corrected chi connectivity index (χ2v) is 5.96. The van der Waals surface area contributed by atoms with E-state index >= 15 is 0 Å². The van der Waals surface area contributed by atoms with Gasteiger partial charge in [0, 0.05) is 45.2 Å². The zero-order valence-electron chi connectivity index (χ0n) is 11.5. The molecule has 2 aliphatic heterocycles. The van der Waals surface area contributed by atoms with Crippen molar-refractivity contribution in [3.8, 4) is 0 Å². The van der Waals surface area contributed by atoms with Crippen LogP contribution in [0.3, 0.4) is 0 Å². The summed E-state index contributed by atoms with van der Waals surface area (Å²) < 4.78 is 0. The summed E-state index contributed by atoms with van der Waals surface area (Å²) in [5.74, 6) is 0.919. The average Bonchev–Trinajstić information content (AvgIpc) is 3.13.